The summed E-state index contributed by atoms with van der Waals surface area (Å²) in [4.78, 5) is 13.6. The highest BCUT2D eigenvalue weighted by Gasteiger charge is 2.16. The van der Waals surface area contributed by atoms with E-state index in [4.69, 9.17) is 9.26 Å². The number of carbonyl (C=O) groups is 1. The van der Waals surface area contributed by atoms with Crippen LogP contribution < -0.4 is 5.32 Å². The Labute approximate surface area is 136 Å². The minimum atomic E-state index is -0.178. The number of carbonyl (C=O) groups excluding carboxylic acids is 1. The maximum absolute atomic E-state index is 12.0. The number of ether oxygens (including phenoxy) is 1. The van der Waals surface area contributed by atoms with E-state index in [0.717, 1.165) is 11.3 Å². The third-order valence-electron chi connectivity index (χ3n) is 3.71. The fraction of sp³-hybridized carbons (Fsp3) is 0.412. The highest BCUT2D eigenvalue weighted by atomic mass is 16.5. The van der Waals surface area contributed by atoms with Crippen LogP contribution in [0.5, 0.6) is 0 Å². The van der Waals surface area contributed by atoms with Crippen LogP contribution >= 0.6 is 0 Å². The van der Waals surface area contributed by atoms with Crippen LogP contribution in [0.4, 0.5) is 4.79 Å². The van der Waals surface area contributed by atoms with Crippen molar-refractivity contribution in [2.45, 2.75) is 26.4 Å². The van der Waals surface area contributed by atoms with Crippen molar-refractivity contribution in [3.63, 3.8) is 0 Å². The lowest BCUT2D eigenvalue weighted by molar-refractivity contribution is 0.123. The predicted octanol–water partition coefficient (Wildman–Crippen LogP) is 2.83. The van der Waals surface area contributed by atoms with Gasteiger partial charge in [0.05, 0.1) is 19.2 Å². The van der Waals surface area contributed by atoms with Crippen LogP contribution in [0.15, 0.2) is 34.9 Å². The summed E-state index contributed by atoms with van der Waals surface area (Å²) in [5.74, 6) is 0.613. The average Bonchev–Trinajstić information content (AvgIpc) is 3.01. The first-order valence-electron chi connectivity index (χ1n) is 7.53. The number of benzene rings is 1. The highest BCUT2D eigenvalue weighted by molar-refractivity contribution is 5.74. The Morgan fingerprint density at radius 3 is 2.74 bits per heavy atom. The zero-order valence-electron chi connectivity index (χ0n) is 14.0. The molecule has 1 aromatic carbocycles. The molecule has 2 rings (SSSR count). The number of urea groups is 1. The minimum absolute atomic E-state index is 0.00200. The largest absolute Gasteiger partial charge is 0.383 e. The fourth-order valence-electron chi connectivity index (χ4n) is 2.10. The van der Waals surface area contributed by atoms with E-state index in [1.807, 2.05) is 44.2 Å². The number of nitrogens with one attached hydrogen (secondary N) is 1. The number of nitrogens with zero attached hydrogens (tertiary/aromatic N) is 2. The molecule has 6 heteroatoms. The zero-order chi connectivity index (χ0) is 16.8. The summed E-state index contributed by atoms with van der Waals surface area (Å²) in [5.41, 5.74) is 2.94. The summed E-state index contributed by atoms with van der Waals surface area (Å²) in [6.45, 7) is 4.74. The second kappa shape index (κ2) is 7.78. The lowest BCUT2D eigenvalue weighted by Crippen LogP contribution is -2.43. The smallest absolute Gasteiger partial charge is 0.317 e. The number of aromatic nitrogens is 1. The van der Waals surface area contributed by atoms with Gasteiger partial charge in [0.2, 0.25) is 0 Å². The topological polar surface area (TPSA) is 67.6 Å². The summed E-state index contributed by atoms with van der Waals surface area (Å²) in [6, 6.07) is 9.70. The van der Waals surface area contributed by atoms with Crippen molar-refractivity contribution in [1.29, 1.82) is 0 Å². The number of rotatable bonds is 6. The van der Waals surface area contributed by atoms with Gasteiger partial charge in [0.1, 0.15) is 5.69 Å². The molecule has 2 amide bonds. The molecule has 2 aromatic rings. The molecule has 0 aliphatic heterocycles. The number of amides is 2. The second-order valence-corrected chi connectivity index (χ2v) is 5.62. The summed E-state index contributed by atoms with van der Waals surface area (Å²) < 4.78 is 10.3. The van der Waals surface area contributed by atoms with Crippen molar-refractivity contribution in [3.8, 4) is 11.3 Å². The van der Waals surface area contributed by atoms with E-state index >= 15 is 0 Å². The van der Waals surface area contributed by atoms with Gasteiger partial charge in [0.25, 0.3) is 0 Å². The molecule has 23 heavy (non-hydrogen) atoms. The van der Waals surface area contributed by atoms with E-state index in [0.29, 0.717) is 18.9 Å². The molecule has 6 nitrogen and oxygen atoms in total. The summed E-state index contributed by atoms with van der Waals surface area (Å²) in [5, 5.41) is 6.85. The van der Waals surface area contributed by atoms with Crippen molar-refractivity contribution in [3.05, 3.63) is 41.7 Å². The normalized spacial score (nSPS) is 12.0. The first-order valence-corrected chi connectivity index (χ1v) is 7.53. The molecule has 1 heterocycles. The van der Waals surface area contributed by atoms with Crippen LogP contribution in [0.1, 0.15) is 18.2 Å². The lowest BCUT2D eigenvalue weighted by Gasteiger charge is -2.24. The molecule has 0 bridgehead atoms. The molecular formula is C17H23N3O3. The van der Waals surface area contributed by atoms with Crippen molar-refractivity contribution in [1.82, 2.24) is 15.4 Å². The van der Waals surface area contributed by atoms with Gasteiger partial charge in [-0.2, -0.15) is 0 Å². The van der Waals surface area contributed by atoms with Crippen LogP contribution in [0.25, 0.3) is 11.3 Å². The third kappa shape index (κ3) is 4.56. The first kappa shape index (κ1) is 17.0. The number of methoxy groups -OCH3 is 1. The Morgan fingerprint density at radius 1 is 1.39 bits per heavy atom. The SMILES string of the molecule is COC[C@@H](C)N(C)C(=O)NCc1cc(-c2ccc(C)cc2)no1. The van der Waals surface area contributed by atoms with E-state index in [1.54, 1.807) is 19.1 Å². The van der Waals surface area contributed by atoms with Crippen LogP contribution in [-0.2, 0) is 11.3 Å². The third-order valence-corrected chi connectivity index (χ3v) is 3.71. The van der Waals surface area contributed by atoms with Gasteiger partial charge in [-0.25, -0.2) is 4.79 Å². The van der Waals surface area contributed by atoms with Gasteiger partial charge in [-0.1, -0.05) is 35.0 Å². The molecule has 0 aliphatic rings. The molecule has 0 aliphatic carbocycles. The van der Waals surface area contributed by atoms with Gasteiger partial charge in [-0.15, -0.1) is 0 Å². The molecule has 1 aromatic heterocycles. The quantitative estimate of drug-likeness (QED) is 0.889. The van der Waals surface area contributed by atoms with Crippen LogP contribution in [0.2, 0.25) is 0 Å². The molecular weight excluding hydrogens is 294 g/mol. The van der Waals surface area contributed by atoms with Crippen molar-refractivity contribution in [2.75, 3.05) is 20.8 Å². The van der Waals surface area contributed by atoms with E-state index in [2.05, 4.69) is 10.5 Å². The Bertz CT molecular complexity index is 637. The Morgan fingerprint density at radius 2 is 2.09 bits per heavy atom. The molecule has 124 valence electrons. The van der Waals surface area contributed by atoms with Gasteiger partial charge in [0, 0.05) is 25.8 Å². The molecule has 0 saturated carbocycles. The van der Waals surface area contributed by atoms with Crippen LogP contribution in [0.3, 0.4) is 0 Å². The van der Waals surface area contributed by atoms with Gasteiger partial charge in [-0.3, -0.25) is 0 Å². The highest BCUT2D eigenvalue weighted by Crippen LogP contribution is 2.19. The second-order valence-electron chi connectivity index (χ2n) is 5.62. The summed E-state index contributed by atoms with van der Waals surface area (Å²) in [7, 11) is 3.35. The predicted molar refractivity (Wildman–Crippen MR) is 88.0 cm³/mol. The summed E-state index contributed by atoms with van der Waals surface area (Å²) >= 11 is 0. The van der Waals surface area contributed by atoms with Gasteiger partial charge in [0.15, 0.2) is 5.76 Å². The maximum atomic E-state index is 12.0. The Balaban J connectivity index is 1.92. The fourth-order valence-corrected chi connectivity index (χ4v) is 2.10. The van der Waals surface area contributed by atoms with Gasteiger partial charge in [-0.05, 0) is 13.8 Å². The summed E-state index contributed by atoms with van der Waals surface area (Å²) in [6.07, 6.45) is 0. The Kier molecular flexibility index (Phi) is 5.76. The number of aryl methyl sites for hydroxylation is 1. The molecule has 1 N–H and O–H groups in total. The van der Waals surface area contributed by atoms with Crippen LogP contribution in [0, 0.1) is 6.92 Å². The Hall–Kier alpha value is -2.34. The first-order chi connectivity index (χ1) is 11.0. The number of likely N-dealkylation sites (N-methyl/N-ethyl adjacent to an activating group) is 1. The average molecular weight is 317 g/mol. The molecule has 1 atom stereocenters. The lowest BCUT2D eigenvalue weighted by atomic mass is 10.1. The maximum Gasteiger partial charge on any atom is 0.317 e. The number of hydrogen-bond donors (Lipinski definition) is 1. The number of hydrogen-bond acceptors (Lipinski definition) is 4. The van der Waals surface area contributed by atoms with Crippen molar-refractivity contribution < 1.29 is 14.1 Å². The van der Waals surface area contributed by atoms with E-state index in [9.17, 15) is 4.79 Å². The van der Waals surface area contributed by atoms with Crippen molar-refractivity contribution in [2.24, 2.45) is 0 Å². The van der Waals surface area contributed by atoms with Crippen molar-refractivity contribution >= 4 is 6.03 Å². The molecule has 0 saturated heterocycles. The van der Waals surface area contributed by atoms with E-state index in [1.165, 1.54) is 5.56 Å². The van der Waals surface area contributed by atoms with E-state index in [-0.39, 0.29) is 12.1 Å². The molecule has 0 spiro atoms. The molecule has 0 unspecified atom stereocenters. The van der Waals surface area contributed by atoms with Gasteiger partial charge >= 0.3 is 6.03 Å². The molecule has 0 radical (unpaired) electrons. The standard InChI is InChI=1S/C17H23N3O3/c1-12-5-7-14(8-6-12)16-9-15(23-19-16)10-18-17(21)20(3)13(2)11-22-4/h5-9,13H,10-11H2,1-4H3,(H,18,21)/t13-/m1/s1. The van der Waals surface area contributed by atoms with Gasteiger partial charge < -0.3 is 19.5 Å². The zero-order valence-corrected chi connectivity index (χ0v) is 14.0. The minimum Gasteiger partial charge on any atom is -0.383 e. The van der Waals surface area contributed by atoms with E-state index < -0.39 is 0 Å². The monoisotopic (exact) mass is 317 g/mol. The molecule has 0 fully saturated rings. The van der Waals surface area contributed by atoms with Crippen LogP contribution in [-0.4, -0.2) is 42.9 Å².